The maximum Gasteiger partial charge on any atom is 0.262 e. The summed E-state index contributed by atoms with van der Waals surface area (Å²) in [5.74, 6) is -0.164. The van der Waals surface area contributed by atoms with Crippen molar-refractivity contribution in [1.82, 2.24) is 0 Å². The molecule has 0 atom stereocenters. The van der Waals surface area contributed by atoms with Gasteiger partial charge in [-0.1, -0.05) is 40.9 Å². The average molecular weight is 359 g/mol. The number of nitrogens with one attached hydrogen (secondary N) is 1. The van der Waals surface area contributed by atoms with Crippen molar-refractivity contribution in [3.05, 3.63) is 57.0 Å². The molecule has 0 spiro atoms. The molecule has 2 aromatic rings. The van der Waals surface area contributed by atoms with Gasteiger partial charge in [-0.25, -0.2) is 0 Å². The molecule has 1 amide bonds. The Labute approximate surface area is 141 Å². The van der Waals surface area contributed by atoms with Crippen molar-refractivity contribution in [3.8, 4) is 5.75 Å². The van der Waals surface area contributed by atoms with E-state index in [9.17, 15) is 9.59 Å². The van der Waals surface area contributed by atoms with Gasteiger partial charge < -0.3 is 10.1 Å². The Hall–Kier alpha value is -1.75. The monoisotopic (exact) mass is 357 g/mol. The van der Waals surface area contributed by atoms with E-state index in [1.165, 1.54) is 12.1 Å². The lowest BCUT2D eigenvalue weighted by molar-refractivity contribution is -0.118. The van der Waals surface area contributed by atoms with Gasteiger partial charge in [-0.3, -0.25) is 9.59 Å². The second-order valence-electron chi connectivity index (χ2n) is 4.24. The summed E-state index contributed by atoms with van der Waals surface area (Å²) in [6, 6.07) is 9.43. The molecule has 22 heavy (non-hydrogen) atoms. The van der Waals surface area contributed by atoms with Gasteiger partial charge in [0.05, 0.1) is 21.3 Å². The van der Waals surface area contributed by atoms with E-state index in [0.29, 0.717) is 22.0 Å². The van der Waals surface area contributed by atoms with Gasteiger partial charge in [-0.05, 0) is 30.3 Å². The van der Waals surface area contributed by atoms with Crippen LogP contribution >= 0.6 is 34.8 Å². The summed E-state index contributed by atoms with van der Waals surface area (Å²) in [5.41, 5.74) is 0.649. The van der Waals surface area contributed by atoms with E-state index in [2.05, 4.69) is 5.32 Å². The summed E-state index contributed by atoms with van der Waals surface area (Å²) in [6.45, 7) is -0.286. The maximum absolute atomic E-state index is 11.9. The zero-order valence-electron chi connectivity index (χ0n) is 11.1. The highest BCUT2D eigenvalue weighted by molar-refractivity contribution is 6.44. The van der Waals surface area contributed by atoms with Gasteiger partial charge in [0.1, 0.15) is 5.75 Å². The van der Waals surface area contributed by atoms with Crippen LogP contribution in [-0.4, -0.2) is 18.8 Å². The molecule has 0 saturated carbocycles. The van der Waals surface area contributed by atoms with Gasteiger partial charge in [0.25, 0.3) is 5.91 Å². The van der Waals surface area contributed by atoms with E-state index in [1.807, 2.05) is 0 Å². The number of benzene rings is 2. The Balaban J connectivity index is 2.01. The number of amides is 1. The number of hydrogen-bond donors (Lipinski definition) is 1. The maximum atomic E-state index is 11.9. The molecule has 0 aliphatic heterocycles. The molecule has 0 aliphatic rings. The number of hydrogen-bond acceptors (Lipinski definition) is 3. The molecule has 0 aromatic heterocycles. The Morgan fingerprint density at radius 1 is 1.18 bits per heavy atom. The zero-order valence-corrected chi connectivity index (χ0v) is 13.4. The van der Waals surface area contributed by atoms with E-state index in [-0.39, 0.29) is 22.9 Å². The van der Waals surface area contributed by atoms with E-state index in [1.54, 1.807) is 24.3 Å². The fourth-order valence-electron chi connectivity index (χ4n) is 1.67. The van der Waals surface area contributed by atoms with Gasteiger partial charge in [0, 0.05) is 5.02 Å². The highest BCUT2D eigenvalue weighted by Crippen LogP contribution is 2.29. The highest BCUT2D eigenvalue weighted by atomic mass is 35.5. The minimum absolute atomic E-state index is 0.248. The molecule has 4 nitrogen and oxygen atoms in total. The molecular weight excluding hydrogens is 349 g/mol. The van der Waals surface area contributed by atoms with Crippen LogP contribution in [0.4, 0.5) is 5.69 Å². The van der Waals surface area contributed by atoms with Gasteiger partial charge in [0.2, 0.25) is 0 Å². The Kier molecular flexibility index (Phi) is 5.66. The first-order valence-corrected chi connectivity index (χ1v) is 7.26. The summed E-state index contributed by atoms with van der Waals surface area (Å²) in [4.78, 5) is 22.8. The molecule has 7 heteroatoms. The number of anilines is 1. The molecule has 2 aromatic carbocycles. The van der Waals surface area contributed by atoms with Crippen molar-refractivity contribution in [3.63, 3.8) is 0 Å². The number of carbonyl (C=O) groups is 2. The molecule has 0 bridgehead atoms. The molecule has 0 radical (unpaired) electrons. The first kappa shape index (κ1) is 16.6. The summed E-state index contributed by atoms with van der Waals surface area (Å²) in [7, 11) is 0. The highest BCUT2D eigenvalue weighted by Gasteiger charge is 2.10. The van der Waals surface area contributed by atoms with Gasteiger partial charge in [0.15, 0.2) is 12.9 Å². The number of rotatable bonds is 5. The fourth-order valence-corrected chi connectivity index (χ4v) is 2.20. The van der Waals surface area contributed by atoms with Crippen molar-refractivity contribution in [2.24, 2.45) is 0 Å². The minimum atomic E-state index is -0.434. The zero-order chi connectivity index (χ0) is 16.1. The van der Waals surface area contributed by atoms with Crippen molar-refractivity contribution in [2.75, 3.05) is 11.9 Å². The lowest BCUT2D eigenvalue weighted by Crippen LogP contribution is -2.20. The normalized spacial score (nSPS) is 10.1. The first-order valence-electron chi connectivity index (χ1n) is 6.12. The van der Waals surface area contributed by atoms with Crippen molar-refractivity contribution < 1.29 is 14.3 Å². The van der Waals surface area contributed by atoms with E-state index >= 15 is 0 Å². The molecule has 2 rings (SSSR count). The van der Waals surface area contributed by atoms with E-state index < -0.39 is 5.91 Å². The molecule has 0 saturated heterocycles. The lowest BCUT2D eigenvalue weighted by atomic mass is 10.2. The topological polar surface area (TPSA) is 55.4 Å². The molecule has 114 valence electrons. The molecule has 0 unspecified atom stereocenters. The van der Waals surface area contributed by atoms with Crippen LogP contribution in [0, 0.1) is 0 Å². The second-order valence-corrected chi connectivity index (χ2v) is 5.46. The van der Waals surface area contributed by atoms with Crippen molar-refractivity contribution >= 4 is 52.7 Å². The van der Waals surface area contributed by atoms with Crippen LogP contribution in [0.2, 0.25) is 15.1 Å². The predicted octanol–water partition coefficient (Wildman–Crippen LogP) is 4.48. The summed E-state index contributed by atoms with van der Waals surface area (Å²) in [6.07, 6.45) is 0.604. The largest absolute Gasteiger partial charge is 0.483 e. The van der Waals surface area contributed by atoms with Crippen LogP contribution in [0.15, 0.2) is 36.4 Å². The average Bonchev–Trinajstić information content (AvgIpc) is 2.50. The molecule has 0 aliphatic carbocycles. The molecule has 1 N–H and O–H groups in total. The minimum Gasteiger partial charge on any atom is -0.483 e. The lowest BCUT2D eigenvalue weighted by Gasteiger charge is -2.10. The second kappa shape index (κ2) is 7.49. The van der Waals surface area contributed by atoms with Crippen LogP contribution in [0.5, 0.6) is 5.75 Å². The fraction of sp³-hybridized carbons (Fsp3) is 0.0667. The summed E-state index contributed by atoms with van der Waals surface area (Å²) >= 11 is 17.6. The van der Waals surface area contributed by atoms with Crippen LogP contribution in [0.1, 0.15) is 10.4 Å². The third-order valence-electron chi connectivity index (χ3n) is 2.68. The first-order chi connectivity index (χ1) is 10.5. The predicted molar refractivity (Wildman–Crippen MR) is 87.4 cm³/mol. The third kappa shape index (κ3) is 4.13. The van der Waals surface area contributed by atoms with Crippen LogP contribution in [0.3, 0.4) is 0 Å². The Morgan fingerprint density at radius 3 is 2.68 bits per heavy atom. The number of carbonyl (C=O) groups excluding carboxylic acids is 2. The number of aldehydes is 1. The van der Waals surface area contributed by atoms with Crippen LogP contribution in [0.25, 0.3) is 0 Å². The van der Waals surface area contributed by atoms with Gasteiger partial charge in [-0.15, -0.1) is 0 Å². The van der Waals surface area contributed by atoms with Crippen molar-refractivity contribution in [1.29, 1.82) is 0 Å². The standard InChI is InChI=1S/C15H10Cl3NO3/c16-10-4-5-13(9(6-10)7-20)22-8-14(21)19-12-3-1-2-11(17)15(12)18/h1-7H,8H2,(H,19,21). The van der Waals surface area contributed by atoms with Crippen LogP contribution < -0.4 is 10.1 Å². The summed E-state index contributed by atoms with van der Waals surface area (Å²) in [5, 5.41) is 3.56. The number of ether oxygens (including phenoxy) is 1. The number of halogens is 3. The van der Waals surface area contributed by atoms with Gasteiger partial charge in [-0.2, -0.15) is 0 Å². The third-order valence-corrected chi connectivity index (χ3v) is 3.74. The van der Waals surface area contributed by atoms with Crippen LogP contribution in [-0.2, 0) is 4.79 Å². The van der Waals surface area contributed by atoms with Crippen molar-refractivity contribution in [2.45, 2.75) is 0 Å². The van der Waals surface area contributed by atoms with E-state index in [0.717, 1.165) is 0 Å². The molecular formula is C15H10Cl3NO3. The molecule has 0 heterocycles. The quantitative estimate of drug-likeness (QED) is 0.802. The van der Waals surface area contributed by atoms with Gasteiger partial charge >= 0.3 is 0 Å². The SMILES string of the molecule is O=Cc1cc(Cl)ccc1OCC(=O)Nc1cccc(Cl)c1Cl. The Morgan fingerprint density at radius 2 is 1.95 bits per heavy atom. The Bertz CT molecular complexity index is 719. The molecule has 0 fully saturated rings. The van der Waals surface area contributed by atoms with E-state index in [4.69, 9.17) is 39.5 Å². The summed E-state index contributed by atoms with van der Waals surface area (Å²) < 4.78 is 5.31. The smallest absolute Gasteiger partial charge is 0.262 e.